The molecule has 0 bridgehead atoms. The Balaban J connectivity index is 1.37. The molecule has 3 aromatic carbocycles. The molecule has 1 aliphatic rings. The first kappa shape index (κ1) is 29.7. The Hall–Kier alpha value is -4.32. The zero-order valence-electron chi connectivity index (χ0n) is 22.4. The summed E-state index contributed by atoms with van der Waals surface area (Å²) < 4.78 is 40.7. The van der Waals surface area contributed by atoms with E-state index < -0.39 is 18.3 Å². The average molecular weight is 585 g/mol. The normalized spacial score (nSPS) is 14.5. The first-order chi connectivity index (χ1) is 19.4. The highest BCUT2D eigenvalue weighted by molar-refractivity contribution is 8.15. The van der Waals surface area contributed by atoms with Crippen molar-refractivity contribution < 1.29 is 32.3 Å². The fourth-order valence-corrected chi connectivity index (χ4v) is 4.91. The van der Waals surface area contributed by atoms with Crippen LogP contribution in [0, 0.1) is 6.92 Å². The molecule has 4 rings (SSSR count). The number of halogens is 3. The number of aliphatic imine (C=N–C) groups is 1. The number of ether oxygens (including phenoxy) is 1. The van der Waals surface area contributed by atoms with Gasteiger partial charge >= 0.3 is 12.4 Å². The van der Waals surface area contributed by atoms with Gasteiger partial charge in [0.25, 0.3) is 5.91 Å². The van der Waals surface area contributed by atoms with Gasteiger partial charge in [0.2, 0.25) is 5.91 Å². The van der Waals surface area contributed by atoms with Crippen LogP contribution in [-0.4, -0.2) is 35.1 Å². The highest BCUT2D eigenvalue weighted by Crippen LogP contribution is 2.34. The minimum absolute atomic E-state index is 0.0907. The summed E-state index contributed by atoms with van der Waals surface area (Å²) in [7, 11) is 0. The topological polar surface area (TPSA) is 100 Å². The molecule has 214 valence electrons. The van der Waals surface area contributed by atoms with Gasteiger partial charge in [-0.2, -0.15) is 4.99 Å². The highest BCUT2D eigenvalue weighted by Gasteiger charge is 2.33. The smallest absolute Gasteiger partial charge is 0.406 e. The van der Waals surface area contributed by atoms with Crippen molar-refractivity contribution in [2.24, 2.45) is 4.99 Å². The summed E-state index contributed by atoms with van der Waals surface area (Å²) in [6.45, 7) is 6.09. The molecule has 1 aliphatic heterocycles. The predicted octanol–water partition coefficient (Wildman–Crippen LogP) is 6.61. The average Bonchev–Trinajstić information content (AvgIpc) is 3.26. The number of amides is 4. The molecule has 12 heteroatoms. The molecule has 3 aromatic rings. The van der Waals surface area contributed by atoms with Gasteiger partial charge in [-0.25, -0.2) is 4.79 Å². The maximum atomic E-state index is 12.7. The number of urea groups is 1. The van der Waals surface area contributed by atoms with Gasteiger partial charge in [-0.1, -0.05) is 49.9 Å². The minimum atomic E-state index is -4.78. The second-order valence-electron chi connectivity index (χ2n) is 9.51. The van der Waals surface area contributed by atoms with Crippen LogP contribution in [0.2, 0.25) is 0 Å². The van der Waals surface area contributed by atoms with Gasteiger partial charge < -0.3 is 15.4 Å². The van der Waals surface area contributed by atoms with Crippen LogP contribution in [0.1, 0.15) is 46.8 Å². The van der Waals surface area contributed by atoms with E-state index in [1.807, 2.05) is 39.0 Å². The number of hydrogen-bond acceptors (Lipinski definition) is 5. The van der Waals surface area contributed by atoms with Crippen molar-refractivity contribution in [1.29, 1.82) is 0 Å². The van der Waals surface area contributed by atoms with Gasteiger partial charge in [-0.3, -0.25) is 14.5 Å². The SMILES string of the molecule is Cc1ccc(C(C)C)c(N2C(=O)CSC2=NC(=O)Nc2ccc(C(=O)NCc3ccc(OC(F)(F)F)cc3)cc2)c1. The number of amidine groups is 1. The number of hydrogen-bond donors (Lipinski definition) is 2. The number of carbonyl (C=O) groups is 3. The standard InChI is InChI=1S/C29H27F3N4O4S/c1-17(2)23-13-4-18(3)14-24(23)36-25(37)16-41-28(36)35-27(39)34-21-9-7-20(8-10-21)26(38)33-15-19-5-11-22(12-6-19)40-29(30,31)32/h4-14,17H,15-16H2,1-3H3,(H,33,38)(H,34,39). The number of aryl methyl sites for hydroxylation is 1. The predicted molar refractivity (Wildman–Crippen MR) is 152 cm³/mol. The lowest BCUT2D eigenvalue weighted by atomic mass is 9.99. The number of rotatable bonds is 7. The highest BCUT2D eigenvalue weighted by atomic mass is 32.2. The van der Waals surface area contributed by atoms with Crippen LogP contribution in [0.3, 0.4) is 0 Å². The van der Waals surface area contributed by atoms with Crippen LogP contribution in [0.15, 0.2) is 71.7 Å². The largest absolute Gasteiger partial charge is 0.573 e. The van der Waals surface area contributed by atoms with Crippen LogP contribution in [0.4, 0.5) is 29.3 Å². The molecular weight excluding hydrogens is 557 g/mol. The van der Waals surface area contributed by atoms with Gasteiger partial charge in [-0.15, -0.1) is 13.2 Å². The molecule has 0 spiro atoms. The van der Waals surface area contributed by atoms with E-state index >= 15 is 0 Å². The number of anilines is 2. The maximum absolute atomic E-state index is 12.7. The van der Waals surface area contributed by atoms with Gasteiger partial charge in [0, 0.05) is 17.8 Å². The third-order valence-electron chi connectivity index (χ3n) is 6.02. The maximum Gasteiger partial charge on any atom is 0.573 e. The Morgan fingerprint density at radius 2 is 1.73 bits per heavy atom. The molecule has 4 amide bonds. The number of nitrogens with zero attached hydrogens (tertiary/aromatic N) is 2. The molecule has 2 N–H and O–H groups in total. The Bertz CT molecular complexity index is 1470. The molecule has 1 fully saturated rings. The lowest BCUT2D eigenvalue weighted by molar-refractivity contribution is -0.274. The van der Waals surface area contributed by atoms with Crippen molar-refractivity contribution in [2.45, 2.75) is 39.6 Å². The fourth-order valence-electron chi connectivity index (χ4n) is 4.05. The van der Waals surface area contributed by atoms with Gasteiger partial charge in [-0.05, 0) is 72.0 Å². The molecule has 1 saturated heterocycles. The van der Waals surface area contributed by atoms with Crippen molar-refractivity contribution in [1.82, 2.24) is 5.32 Å². The molecule has 0 aliphatic carbocycles. The molecule has 1 heterocycles. The van der Waals surface area contributed by atoms with E-state index in [4.69, 9.17) is 0 Å². The fraction of sp³-hybridized carbons (Fsp3) is 0.241. The number of nitrogens with one attached hydrogen (secondary N) is 2. The molecule has 0 radical (unpaired) electrons. The summed E-state index contributed by atoms with van der Waals surface area (Å²) in [5, 5.41) is 5.62. The van der Waals surface area contributed by atoms with Gasteiger partial charge in [0.1, 0.15) is 5.75 Å². The Morgan fingerprint density at radius 1 is 1.05 bits per heavy atom. The molecule has 41 heavy (non-hydrogen) atoms. The molecule has 0 unspecified atom stereocenters. The summed E-state index contributed by atoms with van der Waals surface area (Å²) in [5.74, 6) is -0.582. The Morgan fingerprint density at radius 3 is 2.37 bits per heavy atom. The van der Waals surface area contributed by atoms with E-state index in [2.05, 4.69) is 20.4 Å². The molecule has 0 aromatic heterocycles. The quantitative estimate of drug-likeness (QED) is 0.325. The molecular formula is C29H27F3N4O4S. The summed E-state index contributed by atoms with van der Waals surface area (Å²) in [6, 6.07) is 16.5. The monoisotopic (exact) mass is 584 g/mol. The lowest BCUT2D eigenvalue weighted by Crippen LogP contribution is -2.31. The minimum Gasteiger partial charge on any atom is -0.406 e. The van der Waals surface area contributed by atoms with E-state index in [1.54, 1.807) is 12.1 Å². The van der Waals surface area contributed by atoms with E-state index in [9.17, 15) is 27.6 Å². The van der Waals surface area contributed by atoms with Gasteiger partial charge in [0.15, 0.2) is 5.17 Å². The van der Waals surface area contributed by atoms with E-state index in [0.29, 0.717) is 22.5 Å². The molecule has 8 nitrogen and oxygen atoms in total. The van der Waals surface area contributed by atoms with Crippen molar-refractivity contribution in [3.05, 3.63) is 89.0 Å². The van der Waals surface area contributed by atoms with Crippen molar-refractivity contribution in [3.8, 4) is 5.75 Å². The third-order valence-corrected chi connectivity index (χ3v) is 6.94. The first-order valence-electron chi connectivity index (χ1n) is 12.6. The molecule has 0 atom stereocenters. The Kier molecular flexibility index (Phi) is 9.01. The summed E-state index contributed by atoms with van der Waals surface area (Å²) in [6.07, 6.45) is -4.78. The zero-order valence-corrected chi connectivity index (χ0v) is 23.2. The number of alkyl halides is 3. The third kappa shape index (κ3) is 7.88. The summed E-state index contributed by atoms with van der Waals surface area (Å²) in [4.78, 5) is 43.6. The van der Waals surface area contributed by atoms with E-state index in [-0.39, 0.29) is 35.0 Å². The van der Waals surface area contributed by atoms with E-state index in [1.165, 1.54) is 53.1 Å². The van der Waals surface area contributed by atoms with Crippen LogP contribution in [-0.2, 0) is 11.3 Å². The second kappa shape index (κ2) is 12.5. The van der Waals surface area contributed by atoms with Crippen LogP contribution in [0.5, 0.6) is 5.75 Å². The first-order valence-corrected chi connectivity index (χ1v) is 13.6. The number of carbonyl (C=O) groups excluding carboxylic acids is 3. The Labute approximate surface area is 239 Å². The number of thioether (sulfide) groups is 1. The molecule has 0 saturated carbocycles. The number of benzene rings is 3. The van der Waals surface area contributed by atoms with Crippen molar-refractivity contribution >= 4 is 46.1 Å². The van der Waals surface area contributed by atoms with Gasteiger partial charge in [0.05, 0.1) is 11.4 Å². The van der Waals surface area contributed by atoms with Crippen LogP contribution < -0.4 is 20.3 Å². The lowest BCUT2D eigenvalue weighted by Gasteiger charge is -2.22. The van der Waals surface area contributed by atoms with Crippen LogP contribution >= 0.6 is 11.8 Å². The summed E-state index contributed by atoms with van der Waals surface area (Å²) in [5.41, 5.74) is 3.96. The summed E-state index contributed by atoms with van der Waals surface area (Å²) >= 11 is 1.19. The second-order valence-corrected chi connectivity index (χ2v) is 10.5. The zero-order chi connectivity index (χ0) is 29.7. The van der Waals surface area contributed by atoms with Crippen LogP contribution in [0.25, 0.3) is 0 Å². The van der Waals surface area contributed by atoms with Crippen molar-refractivity contribution in [2.75, 3.05) is 16.0 Å². The van der Waals surface area contributed by atoms with Crippen molar-refractivity contribution in [3.63, 3.8) is 0 Å². The van der Waals surface area contributed by atoms with E-state index in [0.717, 1.165) is 11.1 Å².